The number of rotatable bonds is 12. The smallest absolute Gasteiger partial charge is 0.244 e. The number of sulfonamides is 1. The predicted octanol–water partition coefficient (Wildman–Crippen LogP) is 2.03. The van der Waals surface area contributed by atoms with Gasteiger partial charge in [0.2, 0.25) is 21.8 Å². The van der Waals surface area contributed by atoms with Crippen LogP contribution >= 0.6 is 0 Å². The second-order valence-corrected chi connectivity index (χ2v) is 9.63. The summed E-state index contributed by atoms with van der Waals surface area (Å²) in [4.78, 5) is 27.6. The molecule has 0 heterocycles. The predicted molar refractivity (Wildman–Crippen MR) is 133 cm³/mol. The molecule has 0 aliphatic heterocycles. The first kappa shape index (κ1) is 27.8. The van der Waals surface area contributed by atoms with Crippen LogP contribution in [0.3, 0.4) is 0 Å². The average Bonchev–Trinajstić information content (AvgIpc) is 2.85. The first-order valence-electron chi connectivity index (χ1n) is 10.9. The van der Waals surface area contributed by atoms with Gasteiger partial charge in [-0.3, -0.25) is 13.9 Å². The Bertz CT molecular complexity index is 1140. The lowest BCUT2D eigenvalue weighted by molar-refractivity contribution is -0.140. The second-order valence-electron chi connectivity index (χ2n) is 7.72. The van der Waals surface area contributed by atoms with Crippen LogP contribution in [0.15, 0.2) is 42.5 Å². The molecule has 0 radical (unpaired) electrons. The summed E-state index contributed by atoms with van der Waals surface area (Å²) in [5.41, 5.74) is 0.909. The van der Waals surface area contributed by atoms with Gasteiger partial charge in [0.25, 0.3) is 0 Å². The Morgan fingerprint density at radius 1 is 1.00 bits per heavy atom. The van der Waals surface area contributed by atoms with Crippen molar-refractivity contribution in [3.63, 3.8) is 0 Å². The fourth-order valence-corrected chi connectivity index (χ4v) is 4.49. The number of hydrogen-bond donors (Lipinski definition) is 1. The van der Waals surface area contributed by atoms with E-state index in [0.29, 0.717) is 17.9 Å². The number of benzene rings is 2. The first-order valence-corrected chi connectivity index (χ1v) is 12.8. The summed E-state index contributed by atoms with van der Waals surface area (Å²) in [5.74, 6) is 0.392. The van der Waals surface area contributed by atoms with Gasteiger partial charge >= 0.3 is 0 Å². The largest absolute Gasteiger partial charge is 0.497 e. The molecule has 0 aliphatic carbocycles. The zero-order valence-electron chi connectivity index (χ0n) is 20.9. The van der Waals surface area contributed by atoms with Crippen molar-refractivity contribution in [2.75, 3.05) is 45.5 Å². The number of amides is 2. The number of hydrogen-bond acceptors (Lipinski definition) is 7. The van der Waals surface area contributed by atoms with E-state index in [1.807, 2.05) is 0 Å². The molecule has 0 saturated carbocycles. The van der Waals surface area contributed by atoms with Crippen LogP contribution in [0, 0.1) is 0 Å². The van der Waals surface area contributed by atoms with E-state index in [1.54, 1.807) is 37.3 Å². The van der Waals surface area contributed by atoms with Crippen molar-refractivity contribution in [3.05, 3.63) is 48.0 Å². The van der Waals surface area contributed by atoms with E-state index in [1.165, 1.54) is 45.4 Å². The van der Waals surface area contributed by atoms with E-state index in [0.717, 1.165) is 16.1 Å². The highest BCUT2D eigenvalue weighted by atomic mass is 32.2. The third kappa shape index (κ3) is 7.01. The molecule has 0 saturated heterocycles. The number of nitrogens with zero attached hydrogens (tertiary/aromatic N) is 2. The average molecular weight is 508 g/mol. The molecule has 0 spiro atoms. The fraction of sp³-hybridized carbons (Fsp3) is 0.417. The molecule has 2 rings (SSSR count). The Balaban J connectivity index is 2.50. The molecule has 2 aromatic carbocycles. The molecule has 0 fully saturated rings. The molecule has 1 N–H and O–H groups in total. The fourth-order valence-electron chi connectivity index (χ4n) is 3.64. The van der Waals surface area contributed by atoms with Crippen molar-refractivity contribution in [3.8, 4) is 17.2 Å². The Morgan fingerprint density at radius 3 is 2.20 bits per heavy atom. The molecular weight excluding hydrogens is 474 g/mol. The summed E-state index contributed by atoms with van der Waals surface area (Å²) in [6, 6.07) is 10.9. The van der Waals surface area contributed by atoms with Crippen molar-refractivity contribution < 1.29 is 32.2 Å². The maximum atomic E-state index is 13.6. The van der Waals surface area contributed by atoms with Gasteiger partial charge < -0.3 is 24.4 Å². The monoisotopic (exact) mass is 507 g/mol. The summed E-state index contributed by atoms with van der Waals surface area (Å²) in [5, 5.41) is 2.58. The van der Waals surface area contributed by atoms with Crippen LogP contribution in [0.4, 0.5) is 5.69 Å². The molecule has 192 valence electrons. The number of nitrogens with one attached hydrogen (secondary N) is 1. The van der Waals surface area contributed by atoms with Crippen molar-refractivity contribution in [1.29, 1.82) is 0 Å². The number of anilines is 1. The van der Waals surface area contributed by atoms with Crippen molar-refractivity contribution in [2.45, 2.75) is 25.9 Å². The summed E-state index contributed by atoms with van der Waals surface area (Å²) < 4.78 is 42.3. The Morgan fingerprint density at radius 2 is 1.66 bits per heavy atom. The maximum absolute atomic E-state index is 13.6. The number of carbonyl (C=O) groups excluding carboxylic acids is 2. The normalized spacial score (nSPS) is 11.8. The Labute approximate surface area is 206 Å². The van der Waals surface area contributed by atoms with Gasteiger partial charge in [-0.15, -0.1) is 0 Å². The third-order valence-electron chi connectivity index (χ3n) is 5.45. The number of carbonyl (C=O) groups is 2. The minimum atomic E-state index is -3.90. The van der Waals surface area contributed by atoms with E-state index in [2.05, 4.69) is 5.32 Å². The Hall–Kier alpha value is -3.47. The van der Waals surface area contributed by atoms with Gasteiger partial charge in [-0.25, -0.2) is 8.42 Å². The third-order valence-corrected chi connectivity index (χ3v) is 6.58. The van der Waals surface area contributed by atoms with Gasteiger partial charge in [-0.1, -0.05) is 19.1 Å². The molecule has 0 unspecified atom stereocenters. The second kappa shape index (κ2) is 12.3. The molecule has 11 heteroatoms. The van der Waals surface area contributed by atoms with Gasteiger partial charge in [0, 0.05) is 19.7 Å². The summed E-state index contributed by atoms with van der Waals surface area (Å²) >= 11 is 0. The lowest BCUT2D eigenvalue weighted by atomic mass is 10.1. The lowest BCUT2D eigenvalue weighted by Crippen LogP contribution is -2.51. The van der Waals surface area contributed by atoms with Crippen molar-refractivity contribution in [1.82, 2.24) is 10.2 Å². The SMILES string of the molecule is CC[C@@H](C(=O)NC)N(Cc1cccc(OC)c1)C(=O)CN(c1ccc(OC)cc1OC)S(C)(=O)=O. The van der Waals surface area contributed by atoms with Gasteiger partial charge in [-0.2, -0.15) is 0 Å². The zero-order chi connectivity index (χ0) is 26.2. The number of methoxy groups -OCH3 is 3. The van der Waals surface area contributed by atoms with Crippen LogP contribution in [0.5, 0.6) is 17.2 Å². The summed E-state index contributed by atoms with van der Waals surface area (Å²) in [6.07, 6.45) is 1.34. The van der Waals surface area contributed by atoms with Crippen LogP contribution in [-0.4, -0.2) is 72.4 Å². The highest BCUT2D eigenvalue weighted by Crippen LogP contribution is 2.33. The molecule has 35 heavy (non-hydrogen) atoms. The number of ether oxygens (including phenoxy) is 3. The summed E-state index contributed by atoms with van der Waals surface area (Å²) in [7, 11) is 2.01. The molecule has 0 aliphatic rings. The van der Waals surface area contributed by atoms with Crippen LogP contribution < -0.4 is 23.8 Å². The van der Waals surface area contributed by atoms with Crippen LogP contribution in [0.2, 0.25) is 0 Å². The van der Waals surface area contributed by atoms with Gasteiger partial charge in [-0.05, 0) is 36.2 Å². The molecule has 10 nitrogen and oxygen atoms in total. The minimum absolute atomic E-state index is 0.0826. The van der Waals surface area contributed by atoms with E-state index < -0.39 is 28.5 Å². The van der Waals surface area contributed by atoms with Crippen LogP contribution in [0.1, 0.15) is 18.9 Å². The molecule has 1 atom stereocenters. The lowest BCUT2D eigenvalue weighted by Gasteiger charge is -2.33. The van der Waals surface area contributed by atoms with Gasteiger partial charge in [0.05, 0.1) is 33.3 Å². The quantitative estimate of drug-likeness (QED) is 0.468. The van der Waals surface area contributed by atoms with Crippen molar-refractivity contribution >= 4 is 27.5 Å². The van der Waals surface area contributed by atoms with Gasteiger partial charge in [0.15, 0.2) is 0 Å². The maximum Gasteiger partial charge on any atom is 0.244 e. The van der Waals surface area contributed by atoms with E-state index in [4.69, 9.17) is 14.2 Å². The first-order chi connectivity index (χ1) is 16.6. The Kier molecular flexibility index (Phi) is 9.76. The molecule has 0 bridgehead atoms. The van der Waals surface area contributed by atoms with E-state index in [-0.39, 0.29) is 23.9 Å². The van der Waals surface area contributed by atoms with E-state index in [9.17, 15) is 18.0 Å². The standard InChI is InChI=1S/C24H33N3O7S/c1-7-20(24(29)25-2)26(15-17-9-8-10-18(13-17)32-3)23(28)16-27(35(6,30)31)21-12-11-19(33-4)14-22(21)34-5/h8-14,20H,7,15-16H2,1-6H3,(H,25,29)/t20-/m0/s1. The highest BCUT2D eigenvalue weighted by Gasteiger charge is 2.32. The minimum Gasteiger partial charge on any atom is -0.497 e. The molecule has 2 aromatic rings. The van der Waals surface area contributed by atoms with Crippen LogP contribution in [-0.2, 0) is 26.2 Å². The topological polar surface area (TPSA) is 114 Å². The van der Waals surface area contributed by atoms with Crippen LogP contribution in [0.25, 0.3) is 0 Å². The zero-order valence-corrected chi connectivity index (χ0v) is 21.7. The summed E-state index contributed by atoms with van der Waals surface area (Å²) in [6.45, 7) is 1.34. The van der Waals surface area contributed by atoms with Gasteiger partial charge in [0.1, 0.15) is 29.8 Å². The molecule has 2 amide bonds. The van der Waals surface area contributed by atoms with Crippen molar-refractivity contribution in [2.24, 2.45) is 0 Å². The highest BCUT2D eigenvalue weighted by molar-refractivity contribution is 7.92. The van der Waals surface area contributed by atoms with E-state index >= 15 is 0 Å². The number of likely N-dealkylation sites (N-methyl/N-ethyl adjacent to an activating group) is 1. The molecular formula is C24H33N3O7S. The molecule has 0 aromatic heterocycles.